The van der Waals surface area contributed by atoms with Gasteiger partial charge < -0.3 is 4.90 Å². The van der Waals surface area contributed by atoms with Gasteiger partial charge >= 0.3 is 6.03 Å². The van der Waals surface area contributed by atoms with E-state index in [9.17, 15) is 9.59 Å². The smallest absolute Gasteiger partial charge is 0.314 e. The summed E-state index contributed by atoms with van der Waals surface area (Å²) in [6, 6.07) is 3.39. The molecule has 0 atom stereocenters. The summed E-state index contributed by atoms with van der Waals surface area (Å²) in [6.45, 7) is 0.424. The van der Waals surface area contributed by atoms with Crippen molar-refractivity contribution >= 4 is 11.9 Å². The highest BCUT2D eigenvalue weighted by molar-refractivity contribution is 6.01. The second kappa shape index (κ2) is 4.97. The van der Waals surface area contributed by atoms with Crippen LogP contribution in [0.15, 0.2) is 0 Å². The molecule has 3 amide bonds. The SMILES string of the molecule is N#CCCN1CC(=O)N(CCC#N)C1=O. The molecule has 0 radical (unpaired) electrons. The van der Waals surface area contributed by atoms with Gasteiger partial charge in [0, 0.05) is 13.1 Å². The van der Waals surface area contributed by atoms with Gasteiger partial charge in [0.15, 0.2) is 0 Å². The van der Waals surface area contributed by atoms with Crippen LogP contribution in [-0.4, -0.2) is 41.4 Å². The van der Waals surface area contributed by atoms with Crippen molar-refractivity contribution in [1.29, 1.82) is 10.5 Å². The topological polar surface area (TPSA) is 88.2 Å². The normalized spacial score (nSPS) is 15.3. The maximum Gasteiger partial charge on any atom is 0.327 e. The monoisotopic (exact) mass is 206 g/mol. The summed E-state index contributed by atoms with van der Waals surface area (Å²) in [5, 5.41) is 16.7. The van der Waals surface area contributed by atoms with Crippen molar-refractivity contribution in [2.24, 2.45) is 0 Å². The number of urea groups is 1. The van der Waals surface area contributed by atoms with Crippen LogP contribution in [0.3, 0.4) is 0 Å². The lowest BCUT2D eigenvalue weighted by Crippen LogP contribution is -2.34. The molecular weight excluding hydrogens is 196 g/mol. The number of nitriles is 2. The van der Waals surface area contributed by atoms with E-state index >= 15 is 0 Å². The Labute approximate surface area is 87.3 Å². The Morgan fingerprint density at radius 2 is 1.73 bits per heavy atom. The van der Waals surface area contributed by atoms with Gasteiger partial charge in [0.05, 0.1) is 25.0 Å². The molecule has 0 aromatic rings. The third kappa shape index (κ3) is 2.44. The molecule has 0 saturated carbocycles. The van der Waals surface area contributed by atoms with E-state index in [2.05, 4.69) is 0 Å². The first-order valence-electron chi connectivity index (χ1n) is 4.54. The highest BCUT2D eigenvalue weighted by Gasteiger charge is 2.34. The van der Waals surface area contributed by atoms with Gasteiger partial charge in [0.25, 0.3) is 0 Å². The maximum absolute atomic E-state index is 11.5. The van der Waals surface area contributed by atoms with Gasteiger partial charge in [-0.3, -0.25) is 9.69 Å². The first-order chi connectivity index (χ1) is 7.20. The molecule has 1 heterocycles. The van der Waals surface area contributed by atoms with E-state index in [0.717, 1.165) is 4.90 Å². The van der Waals surface area contributed by atoms with Crippen molar-refractivity contribution in [2.75, 3.05) is 19.6 Å². The molecule has 0 bridgehead atoms. The molecule has 0 unspecified atom stereocenters. The third-order valence-electron chi connectivity index (χ3n) is 2.07. The second-order valence-corrected chi connectivity index (χ2v) is 3.07. The Kier molecular flexibility index (Phi) is 3.64. The van der Waals surface area contributed by atoms with Crippen LogP contribution in [0.5, 0.6) is 0 Å². The lowest BCUT2D eigenvalue weighted by Gasteiger charge is -2.14. The molecule has 1 aliphatic heterocycles. The van der Waals surface area contributed by atoms with E-state index < -0.39 is 6.03 Å². The zero-order valence-electron chi connectivity index (χ0n) is 8.14. The van der Waals surface area contributed by atoms with Gasteiger partial charge in [-0.15, -0.1) is 0 Å². The van der Waals surface area contributed by atoms with Gasteiger partial charge in [-0.05, 0) is 0 Å². The molecule has 0 aromatic carbocycles. The number of hydrogen-bond donors (Lipinski definition) is 0. The third-order valence-corrected chi connectivity index (χ3v) is 2.07. The predicted octanol–water partition coefficient (Wildman–Crippen LogP) is 0.0780. The van der Waals surface area contributed by atoms with Crippen LogP contribution >= 0.6 is 0 Å². The zero-order valence-corrected chi connectivity index (χ0v) is 8.14. The number of carbonyl (C=O) groups excluding carboxylic acids is 2. The van der Waals surface area contributed by atoms with Crippen molar-refractivity contribution in [3.8, 4) is 12.1 Å². The molecule has 15 heavy (non-hydrogen) atoms. The molecule has 6 heteroatoms. The number of imide groups is 1. The quantitative estimate of drug-likeness (QED) is 0.609. The number of amides is 3. The number of hydrogen-bond acceptors (Lipinski definition) is 4. The summed E-state index contributed by atoms with van der Waals surface area (Å²) in [5.74, 6) is -0.298. The van der Waals surface area contributed by atoms with E-state index in [4.69, 9.17) is 10.5 Å². The minimum Gasteiger partial charge on any atom is -0.314 e. The number of nitrogens with zero attached hydrogens (tertiary/aromatic N) is 4. The summed E-state index contributed by atoms with van der Waals surface area (Å²) in [5.41, 5.74) is 0. The van der Waals surface area contributed by atoms with Gasteiger partial charge in [-0.2, -0.15) is 10.5 Å². The molecule has 0 aromatic heterocycles. The molecule has 1 fully saturated rings. The van der Waals surface area contributed by atoms with Gasteiger partial charge in [-0.25, -0.2) is 4.79 Å². The van der Waals surface area contributed by atoms with Crippen LogP contribution in [0.25, 0.3) is 0 Å². The maximum atomic E-state index is 11.5. The molecule has 1 saturated heterocycles. The molecule has 1 aliphatic rings. The Morgan fingerprint density at radius 1 is 1.13 bits per heavy atom. The van der Waals surface area contributed by atoms with Crippen molar-refractivity contribution < 1.29 is 9.59 Å². The summed E-state index contributed by atoms with van der Waals surface area (Å²) < 4.78 is 0. The first kappa shape index (κ1) is 11.0. The van der Waals surface area contributed by atoms with E-state index in [1.165, 1.54) is 4.90 Å². The van der Waals surface area contributed by atoms with E-state index in [1.807, 2.05) is 12.1 Å². The minimum atomic E-state index is -0.398. The van der Waals surface area contributed by atoms with Crippen molar-refractivity contribution in [2.45, 2.75) is 12.8 Å². The standard InChI is InChI=1S/C9H10N4O2/c10-3-1-5-12-7-8(14)13(9(12)15)6-2-4-11/h1-2,5-7H2. The Hall–Kier alpha value is -2.08. The number of carbonyl (C=O) groups is 2. The zero-order chi connectivity index (χ0) is 11.3. The second-order valence-electron chi connectivity index (χ2n) is 3.07. The number of rotatable bonds is 4. The van der Waals surface area contributed by atoms with Crippen molar-refractivity contribution in [1.82, 2.24) is 9.80 Å². The lowest BCUT2D eigenvalue weighted by atomic mass is 10.4. The fourth-order valence-electron chi connectivity index (χ4n) is 1.34. The Morgan fingerprint density at radius 3 is 2.33 bits per heavy atom. The van der Waals surface area contributed by atoms with E-state index in [0.29, 0.717) is 0 Å². The molecule has 0 aliphatic carbocycles. The van der Waals surface area contributed by atoms with Gasteiger partial charge in [0.2, 0.25) is 5.91 Å². The molecule has 0 spiro atoms. The van der Waals surface area contributed by atoms with Crippen LogP contribution in [0.2, 0.25) is 0 Å². The highest BCUT2D eigenvalue weighted by atomic mass is 16.2. The lowest BCUT2D eigenvalue weighted by molar-refractivity contribution is -0.125. The fraction of sp³-hybridized carbons (Fsp3) is 0.556. The fourth-order valence-corrected chi connectivity index (χ4v) is 1.34. The van der Waals surface area contributed by atoms with Crippen LogP contribution in [0.4, 0.5) is 4.79 Å². The predicted molar refractivity (Wildman–Crippen MR) is 49.1 cm³/mol. The molecular formula is C9H10N4O2. The molecule has 0 N–H and O–H groups in total. The summed E-state index contributed by atoms with van der Waals surface area (Å²) in [7, 11) is 0. The molecule has 78 valence electrons. The van der Waals surface area contributed by atoms with Gasteiger partial charge in [-0.1, -0.05) is 0 Å². The van der Waals surface area contributed by atoms with Crippen LogP contribution in [0.1, 0.15) is 12.8 Å². The average molecular weight is 206 g/mol. The molecule has 6 nitrogen and oxygen atoms in total. The highest BCUT2D eigenvalue weighted by Crippen LogP contribution is 2.10. The Balaban J connectivity index is 2.55. The van der Waals surface area contributed by atoms with E-state index in [-0.39, 0.29) is 38.4 Å². The van der Waals surface area contributed by atoms with Crippen LogP contribution in [0, 0.1) is 22.7 Å². The average Bonchev–Trinajstić information content (AvgIpc) is 2.49. The summed E-state index contributed by atoms with van der Waals surface area (Å²) in [4.78, 5) is 25.3. The first-order valence-corrected chi connectivity index (χ1v) is 4.54. The van der Waals surface area contributed by atoms with Crippen molar-refractivity contribution in [3.05, 3.63) is 0 Å². The van der Waals surface area contributed by atoms with Crippen LogP contribution in [-0.2, 0) is 4.79 Å². The molecule has 1 rings (SSSR count). The Bertz CT molecular complexity index is 352. The van der Waals surface area contributed by atoms with E-state index in [1.54, 1.807) is 0 Å². The minimum absolute atomic E-state index is 0.0198. The summed E-state index contributed by atoms with van der Waals surface area (Å²) >= 11 is 0. The van der Waals surface area contributed by atoms with Crippen molar-refractivity contribution in [3.63, 3.8) is 0 Å². The largest absolute Gasteiger partial charge is 0.327 e. The van der Waals surface area contributed by atoms with Crippen LogP contribution < -0.4 is 0 Å². The summed E-state index contributed by atoms with van der Waals surface area (Å²) in [6.07, 6.45) is 0.356. The van der Waals surface area contributed by atoms with Gasteiger partial charge in [0.1, 0.15) is 6.54 Å².